The molecular formula is C25H36N2O5. The molecule has 2 unspecified atom stereocenters. The van der Waals surface area contributed by atoms with E-state index in [2.05, 4.69) is 0 Å². The lowest BCUT2D eigenvalue weighted by Gasteiger charge is -2.32. The summed E-state index contributed by atoms with van der Waals surface area (Å²) >= 11 is 0. The Morgan fingerprint density at radius 3 is 2.75 bits per heavy atom. The lowest BCUT2D eigenvalue weighted by molar-refractivity contribution is -0.143. The van der Waals surface area contributed by atoms with E-state index in [1.807, 2.05) is 43.0 Å². The molecule has 1 aromatic rings. The number of likely N-dealkylation sites (tertiary alicyclic amines) is 1. The monoisotopic (exact) mass is 444 g/mol. The van der Waals surface area contributed by atoms with Crippen molar-refractivity contribution in [2.45, 2.75) is 63.9 Å². The summed E-state index contributed by atoms with van der Waals surface area (Å²) in [6, 6.07) is 7.60. The number of carbonyl (C=O) groups excluding carboxylic acids is 3. The number of hydrogen-bond acceptors (Lipinski definition) is 5. The summed E-state index contributed by atoms with van der Waals surface area (Å²) in [7, 11) is 1.60. The molecule has 2 heterocycles. The van der Waals surface area contributed by atoms with Crippen LogP contribution in [0.1, 0.15) is 56.6 Å². The predicted octanol–water partition coefficient (Wildman–Crippen LogP) is 2.84. The second kappa shape index (κ2) is 11.1. The van der Waals surface area contributed by atoms with Crippen molar-refractivity contribution in [1.29, 1.82) is 0 Å². The van der Waals surface area contributed by atoms with Crippen LogP contribution in [0, 0.1) is 6.92 Å². The average Bonchev–Trinajstić information content (AvgIpc) is 3.36. The van der Waals surface area contributed by atoms with Crippen LogP contribution in [-0.4, -0.2) is 73.6 Å². The van der Waals surface area contributed by atoms with E-state index in [0.717, 1.165) is 37.0 Å². The minimum atomic E-state index is -1.16. The number of carbonyl (C=O) groups is 3. The lowest BCUT2D eigenvalue weighted by atomic mass is 9.74. The van der Waals surface area contributed by atoms with Gasteiger partial charge < -0.3 is 14.4 Å². The molecule has 0 N–H and O–H groups in total. The summed E-state index contributed by atoms with van der Waals surface area (Å²) in [6.07, 6.45) is 3.42. The number of ether oxygens (including phenoxy) is 2. The van der Waals surface area contributed by atoms with E-state index in [1.165, 1.54) is 4.90 Å². The molecule has 3 rings (SSSR count). The maximum absolute atomic E-state index is 13.7. The summed E-state index contributed by atoms with van der Waals surface area (Å²) in [4.78, 5) is 43.4. The quantitative estimate of drug-likeness (QED) is 0.388. The van der Waals surface area contributed by atoms with E-state index in [4.69, 9.17) is 9.47 Å². The number of nitrogens with zero attached hydrogens (tertiary/aromatic N) is 2. The van der Waals surface area contributed by atoms with Crippen molar-refractivity contribution in [2.75, 3.05) is 40.0 Å². The summed E-state index contributed by atoms with van der Waals surface area (Å²) in [5, 5.41) is 0. The van der Waals surface area contributed by atoms with Gasteiger partial charge in [-0.25, -0.2) is 0 Å². The molecule has 0 bridgehead atoms. The molecule has 0 spiro atoms. The molecule has 176 valence electrons. The third-order valence-electron chi connectivity index (χ3n) is 6.55. The number of imide groups is 1. The smallest absolute Gasteiger partial charge is 0.240 e. The third kappa shape index (κ3) is 5.21. The van der Waals surface area contributed by atoms with Crippen LogP contribution in [0.3, 0.4) is 0 Å². The van der Waals surface area contributed by atoms with Crippen LogP contribution >= 0.6 is 0 Å². The standard InChI is InChI=1S/C25H36N2O5/c1-4-12-26(18-20-10-7-15-32-20)22(28)16-25(21-11-6-5-9-19(21)2)17-23(29)27(24(25)30)13-8-14-31-3/h5-6,9,11,20H,4,7-8,10,12-18H2,1-3H3. The van der Waals surface area contributed by atoms with Gasteiger partial charge in [0.15, 0.2) is 0 Å². The van der Waals surface area contributed by atoms with Crippen LogP contribution in [0.2, 0.25) is 0 Å². The molecule has 0 aliphatic carbocycles. The predicted molar refractivity (Wildman–Crippen MR) is 121 cm³/mol. The van der Waals surface area contributed by atoms with Crippen LogP contribution in [0.15, 0.2) is 24.3 Å². The number of aryl methyl sites for hydroxylation is 1. The zero-order chi connectivity index (χ0) is 23.1. The number of benzene rings is 1. The summed E-state index contributed by atoms with van der Waals surface area (Å²) in [6.45, 7) is 6.63. The van der Waals surface area contributed by atoms with Crippen molar-refractivity contribution in [3.63, 3.8) is 0 Å². The number of hydrogen-bond donors (Lipinski definition) is 0. The zero-order valence-corrected chi connectivity index (χ0v) is 19.6. The topological polar surface area (TPSA) is 76.2 Å². The van der Waals surface area contributed by atoms with Crippen LogP contribution in [0.5, 0.6) is 0 Å². The average molecular weight is 445 g/mol. The van der Waals surface area contributed by atoms with E-state index < -0.39 is 5.41 Å². The molecule has 7 nitrogen and oxygen atoms in total. The molecule has 0 aromatic heterocycles. The van der Waals surface area contributed by atoms with Gasteiger partial charge in [0.25, 0.3) is 0 Å². The van der Waals surface area contributed by atoms with E-state index in [0.29, 0.717) is 32.7 Å². The summed E-state index contributed by atoms with van der Waals surface area (Å²) in [5.74, 6) is -0.580. The number of methoxy groups -OCH3 is 1. The van der Waals surface area contributed by atoms with Crippen LogP contribution in [-0.2, 0) is 29.3 Å². The minimum absolute atomic E-state index is 0.00404. The second-order valence-electron chi connectivity index (χ2n) is 8.92. The van der Waals surface area contributed by atoms with Crippen LogP contribution in [0.4, 0.5) is 0 Å². The van der Waals surface area contributed by atoms with Crippen molar-refractivity contribution < 1.29 is 23.9 Å². The van der Waals surface area contributed by atoms with E-state index in [9.17, 15) is 14.4 Å². The second-order valence-corrected chi connectivity index (χ2v) is 8.92. The first kappa shape index (κ1) is 24.4. The molecule has 2 aliphatic rings. The normalized spacial score (nSPS) is 23.2. The van der Waals surface area contributed by atoms with Crippen LogP contribution in [0.25, 0.3) is 0 Å². The molecule has 32 heavy (non-hydrogen) atoms. The SMILES string of the molecule is CCCN(CC1CCCO1)C(=O)CC1(c2ccccc2C)CC(=O)N(CCCOC)C1=O. The van der Waals surface area contributed by atoms with Gasteiger partial charge in [0.05, 0.1) is 11.5 Å². The maximum Gasteiger partial charge on any atom is 0.240 e. The van der Waals surface area contributed by atoms with Crippen molar-refractivity contribution in [3.05, 3.63) is 35.4 Å². The summed E-state index contributed by atoms with van der Waals surface area (Å²) in [5.41, 5.74) is 0.533. The molecule has 2 atom stereocenters. The minimum Gasteiger partial charge on any atom is -0.385 e. The van der Waals surface area contributed by atoms with Gasteiger partial charge in [-0.05, 0) is 43.7 Å². The van der Waals surface area contributed by atoms with E-state index >= 15 is 0 Å². The van der Waals surface area contributed by atoms with Gasteiger partial charge in [-0.1, -0.05) is 31.2 Å². The zero-order valence-electron chi connectivity index (χ0n) is 19.6. The first-order valence-corrected chi connectivity index (χ1v) is 11.7. The fourth-order valence-electron chi connectivity index (χ4n) is 4.94. The molecule has 2 fully saturated rings. The molecule has 2 saturated heterocycles. The maximum atomic E-state index is 13.7. The van der Waals surface area contributed by atoms with Gasteiger partial charge in [-0.15, -0.1) is 0 Å². The van der Waals surface area contributed by atoms with Crippen molar-refractivity contribution in [1.82, 2.24) is 9.80 Å². The Morgan fingerprint density at radius 2 is 2.09 bits per heavy atom. The molecular weight excluding hydrogens is 408 g/mol. The van der Waals surface area contributed by atoms with Crippen molar-refractivity contribution in [3.8, 4) is 0 Å². The first-order chi connectivity index (χ1) is 15.4. The van der Waals surface area contributed by atoms with E-state index in [-0.39, 0.29) is 36.7 Å². The summed E-state index contributed by atoms with van der Waals surface area (Å²) < 4.78 is 10.8. The Hall–Kier alpha value is -2.25. The Morgan fingerprint density at radius 1 is 1.31 bits per heavy atom. The molecule has 0 saturated carbocycles. The Balaban J connectivity index is 1.89. The highest BCUT2D eigenvalue weighted by atomic mass is 16.5. The molecule has 7 heteroatoms. The van der Waals surface area contributed by atoms with Crippen molar-refractivity contribution >= 4 is 17.7 Å². The largest absolute Gasteiger partial charge is 0.385 e. The van der Waals surface area contributed by atoms with Gasteiger partial charge in [-0.2, -0.15) is 0 Å². The molecule has 1 aromatic carbocycles. The fourth-order valence-corrected chi connectivity index (χ4v) is 4.94. The lowest BCUT2D eigenvalue weighted by Crippen LogP contribution is -2.45. The van der Waals surface area contributed by atoms with Gasteiger partial charge in [0.2, 0.25) is 17.7 Å². The highest BCUT2D eigenvalue weighted by Crippen LogP contribution is 2.42. The Labute approximate surface area is 191 Å². The van der Waals surface area contributed by atoms with Gasteiger partial charge in [0.1, 0.15) is 0 Å². The van der Waals surface area contributed by atoms with Gasteiger partial charge >= 0.3 is 0 Å². The van der Waals surface area contributed by atoms with Gasteiger partial charge in [0, 0.05) is 52.8 Å². The molecule has 0 radical (unpaired) electrons. The van der Waals surface area contributed by atoms with Crippen molar-refractivity contribution in [2.24, 2.45) is 0 Å². The Kier molecular flexibility index (Phi) is 8.43. The van der Waals surface area contributed by atoms with Crippen LogP contribution < -0.4 is 0 Å². The van der Waals surface area contributed by atoms with Gasteiger partial charge in [-0.3, -0.25) is 19.3 Å². The molecule has 2 aliphatic heterocycles. The third-order valence-corrected chi connectivity index (χ3v) is 6.55. The fraction of sp³-hybridized carbons (Fsp3) is 0.640. The van der Waals surface area contributed by atoms with E-state index in [1.54, 1.807) is 7.11 Å². The number of rotatable bonds is 11. The molecule has 3 amide bonds. The first-order valence-electron chi connectivity index (χ1n) is 11.7. The Bertz CT molecular complexity index is 820. The highest BCUT2D eigenvalue weighted by molar-refractivity contribution is 6.11. The highest BCUT2D eigenvalue weighted by Gasteiger charge is 2.54. The number of amides is 3.